The Morgan fingerprint density at radius 3 is 2.12 bits per heavy atom. The van der Waals surface area contributed by atoms with E-state index in [9.17, 15) is 0 Å². The Bertz CT molecular complexity index is 288. The number of aryl methyl sites for hydroxylation is 1. The number of rotatable bonds is 6. The highest BCUT2D eigenvalue weighted by Gasteiger charge is 2.16. The van der Waals surface area contributed by atoms with E-state index < -0.39 is 0 Å². The highest BCUT2D eigenvalue weighted by Crippen LogP contribution is 2.23. The first-order valence-corrected chi connectivity index (χ1v) is 6.23. The van der Waals surface area contributed by atoms with Gasteiger partial charge in [-0.1, -0.05) is 43.7 Å². The Labute approximate surface area is 99.5 Å². The molecule has 0 bridgehead atoms. The lowest BCUT2D eigenvalue weighted by Gasteiger charge is -2.29. The van der Waals surface area contributed by atoms with Crippen molar-refractivity contribution in [1.29, 1.82) is 0 Å². The van der Waals surface area contributed by atoms with E-state index in [2.05, 4.69) is 49.9 Å². The number of nitrogens with two attached hydrogens (primary N) is 1. The largest absolute Gasteiger partial charge is 0.330 e. The number of hydrogen-bond donors (Lipinski definition) is 1. The fraction of sp³-hybridized carbons (Fsp3) is 0.571. The van der Waals surface area contributed by atoms with Gasteiger partial charge in [0.25, 0.3) is 0 Å². The summed E-state index contributed by atoms with van der Waals surface area (Å²) in [5.41, 5.74) is 8.42. The zero-order valence-electron chi connectivity index (χ0n) is 10.7. The van der Waals surface area contributed by atoms with Crippen LogP contribution in [0.1, 0.15) is 37.4 Å². The smallest absolute Gasteiger partial charge is 0.0359 e. The number of hydrogen-bond acceptors (Lipinski definition) is 2. The van der Waals surface area contributed by atoms with Gasteiger partial charge in [-0.2, -0.15) is 0 Å². The minimum absolute atomic E-state index is 0.473. The molecule has 1 rings (SSSR count). The summed E-state index contributed by atoms with van der Waals surface area (Å²) >= 11 is 0. The molecule has 0 amide bonds. The third-order valence-electron chi connectivity index (χ3n) is 3.16. The SMILES string of the molecule is CCN(CC)C(CCN)c1ccc(C)cc1. The van der Waals surface area contributed by atoms with Crippen LogP contribution in [-0.2, 0) is 0 Å². The predicted octanol–water partition coefficient (Wildman–Crippen LogP) is 2.73. The quantitative estimate of drug-likeness (QED) is 0.798. The molecule has 1 atom stereocenters. The Hall–Kier alpha value is -0.860. The summed E-state index contributed by atoms with van der Waals surface area (Å²) in [6.07, 6.45) is 1.03. The molecule has 0 spiro atoms. The molecule has 2 heteroatoms. The average Bonchev–Trinajstić information content (AvgIpc) is 2.31. The summed E-state index contributed by atoms with van der Waals surface area (Å²) in [6, 6.07) is 9.30. The van der Waals surface area contributed by atoms with Gasteiger partial charge in [-0.15, -0.1) is 0 Å². The third kappa shape index (κ3) is 3.32. The topological polar surface area (TPSA) is 29.3 Å². The maximum atomic E-state index is 5.72. The summed E-state index contributed by atoms with van der Waals surface area (Å²) in [5, 5.41) is 0. The Balaban J connectivity index is 2.87. The standard InChI is InChI=1S/C14H24N2/c1-4-16(5-2)14(10-11-15)13-8-6-12(3)7-9-13/h6-9,14H,4-5,10-11,15H2,1-3H3. The lowest BCUT2D eigenvalue weighted by Crippen LogP contribution is -2.30. The summed E-state index contributed by atoms with van der Waals surface area (Å²) in [6.45, 7) is 9.45. The zero-order valence-corrected chi connectivity index (χ0v) is 10.7. The first kappa shape index (κ1) is 13.2. The van der Waals surface area contributed by atoms with Crippen LogP contribution in [0.15, 0.2) is 24.3 Å². The van der Waals surface area contributed by atoms with E-state index in [1.165, 1.54) is 11.1 Å². The fourth-order valence-electron chi connectivity index (χ4n) is 2.17. The van der Waals surface area contributed by atoms with Crippen molar-refractivity contribution in [3.63, 3.8) is 0 Å². The summed E-state index contributed by atoms with van der Waals surface area (Å²) in [4.78, 5) is 2.47. The van der Waals surface area contributed by atoms with Gasteiger partial charge in [0, 0.05) is 6.04 Å². The lowest BCUT2D eigenvalue weighted by atomic mass is 10.0. The molecule has 0 aliphatic carbocycles. The van der Waals surface area contributed by atoms with Gasteiger partial charge in [-0.3, -0.25) is 4.90 Å². The van der Waals surface area contributed by atoms with E-state index in [1.807, 2.05) is 0 Å². The van der Waals surface area contributed by atoms with Crippen molar-refractivity contribution in [3.05, 3.63) is 35.4 Å². The highest BCUT2D eigenvalue weighted by atomic mass is 15.1. The van der Waals surface area contributed by atoms with E-state index in [4.69, 9.17) is 5.73 Å². The highest BCUT2D eigenvalue weighted by molar-refractivity contribution is 5.24. The van der Waals surface area contributed by atoms with Gasteiger partial charge in [-0.25, -0.2) is 0 Å². The summed E-state index contributed by atoms with van der Waals surface area (Å²) < 4.78 is 0. The van der Waals surface area contributed by atoms with Crippen molar-refractivity contribution in [2.24, 2.45) is 5.73 Å². The Morgan fingerprint density at radius 2 is 1.69 bits per heavy atom. The fourth-order valence-corrected chi connectivity index (χ4v) is 2.17. The van der Waals surface area contributed by atoms with Gasteiger partial charge < -0.3 is 5.73 Å². The van der Waals surface area contributed by atoms with Crippen molar-refractivity contribution in [2.45, 2.75) is 33.2 Å². The van der Waals surface area contributed by atoms with Gasteiger partial charge in [0.2, 0.25) is 0 Å². The zero-order chi connectivity index (χ0) is 12.0. The monoisotopic (exact) mass is 220 g/mol. The number of nitrogens with zero attached hydrogens (tertiary/aromatic N) is 1. The van der Waals surface area contributed by atoms with Crippen LogP contribution >= 0.6 is 0 Å². The second kappa shape index (κ2) is 6.66. The molecule has 1 unspecified atom stereocenters. The van der Waals surface area contributed by atoms with Crippen LogP contribution in [-0.4, -0.2) is 24.5 Å². The van der Waals surface area contributed by atoms with Gasteiger partial charge in [-0.05, 0) is 38.5 Å². The molecule has 1 aromatic carbocycles. The van der Waals surface area contributed by atoms with Crippen LogP contribution in [0.5, 0.6) is 0 Å². The molecule has 0 heterocycles. The normalized spacial score (nSPS) is 13.1. The van der Waals surface area contributed by atoms with Crippen LogP contribution < -0.4 is 5.73 Å². The lowest BCUT2D eigenvalue weighted by molar-refractivity contribution is 0.210. The molecule has 0 aliphatic rings. The van der Waals surface area contributed by atoms with Gasteiger partial charge >= 0.3 is 0 Å². The molecular weight excluding hydrogens is 196 g/mol. The maximum absolute atomic E-state index is 5.72. The Kier molecular flexibility index (Phi) is 5.50. The molecule has 16 heavy (non-hydrogen) atoms. The van der Waals surface area contributed by atoms with Crippen molar-refractivity contribution in [2.75, 3.05) is 19.6 Å². The summed E-state index contributed by atoms with van der Waals surface area (Å²) in [7, 11) is 0. The minimum Gasteiger partial charge on any atom is -0.330 e. The average molecular weight is 220 g/mol. The molecule has 90 valence electrons. The van der Waals surface area contributed by atoms with E-state index >= 15 is 0 Å². The molecule has 0 aromatic heterocycles. The van der Waals surface area contributed by atoms with Crippen molar-refractivity contribution in [3.8, 4) is 0 Å². The molecule has 2 nitrogen and oxygen atoms in total. The van der Waals surface area contributed by atoms with Crippen molar-refractivity contribution in [1.82, 2.24) is 4.90 Å². The van der Waals surface area contributed by atoms with E-state index in [0.717, 1.165) is 26.1 Å². The molecule has 0 fully saturated rings. The maximum Gasteiger partial charge on any atom is 0.0359 e. The van der Waals surface area contributed by atoms with Crippen molar-refractivity contribution < 1.29 is 0 Å². The molecule has 0 saturated carbocycles. The van der Waals surface area contributed by atoms with Gasteiger partial charge in [0.1, 0.15) is 0 Å². The predicted molar refractivity (Wildman–Crippen MR) is 70.5 cm³/mol. The van der Waals surface area contributed by atoms with Gasteiger partial charge in [0.15, 0.2) is 0 Å². The molecule has 0 aliphatic heterocycles. The molecule has 2 N–H and O–H groups in total. The molecular formula is C14H24N2. The van der Waals surface area contributed by atoms with Crippen LogP contribution in [0, 0.1) is 6.92 Å². The van der Waals surface area contributed by atoms with Crippen LogP contribution in [0.25, 0.3) is 0 Å². The molecule has 0 radical (unpaired) electrons. The minimum atomic E-state index is 0.473. The second-order valence-corrected chi connectivity index (χ2v) is 4.23. The molecule has 1 aromatic rings. The Morgan fingerprint density at radius 1 is 1.12 bits per heavy atom. The van der Waals surface area contributed by atoms with Crippen LogP contribution in [0.4, 0.5) is 0 Å². The van der Waals surface area contributed by atoms with Crippen molar-refractivity contribution >= 4 is 0 Å². The number of benzene rings is 1. The van der Waals surface area contributed by atoms with Crippen LogP contribution in [0.2, 0.25) is 0 Å². The van der Waals surface area contributed by atoms with E-state index in [1.54, 1.807) is 0 Å². The van der Waals surface area contributed by atoms with E-state index in [-0.39, 0.29) is 0 Å². The summed E-state index contributed by atoms with van der Waals surface area (Å²) in [5.74, 6) is 0. The third-order valence-corrected chi connectivity index (χ3v) is 3.16. The molecule has 0 saturated heterocycles. The first-order chi connectivity index (χ1) is 7.72. The first-order valence-electron chi connectivity index (χ1n) is 6.23. The van der Waals surface area contributed by atoms with Crippen LogP contribution in [0.3, 0.4) is 0 Å². The van der Waals surface area contributed by atoms with Gasteiger partial charge in [0.05, 0.1) is 0 Å². The second-order valence-electron chi connectivity index (χ2n) is 4.23. The van der Waals surface area contributed by atoms with E-state index in [0.29, 0.717) is 6.04 Å².